The first-order chi connectivity index (χ1) is 9.20. The molecule has 2 aromatic rings. The maximum Gasteiger partial charge on any atom is 0.182 e. The topological polar surface area (TPSA) is 34.1 Å². The molecule has 0 N–H and O–H groups in total. The smallest absolute Gasteiger partial charge is 0.182 e. The number of halogens is 1. The zero-order valence-corrected chi connectivity index (χ0v) is 12.4. The van der Waals surface area contributed by atoms with Gasteiger partial charge in [-0.05, 0) is 23.6 Å². The normalized spacial score (nSPS) is 10.4. The van der Waals surface area contributed by atoms with E-state index < -0.39 is 0 Å². The SMILES string of the molecule is O=C(CCl)c1ccc(SCC(=O)c2cccs2)cc1. The highest BCUT2D eigenvalue weighted by molar-refractivity contribution is 8.00. The highest BCUT2D eigenvalue weighted by Crippen LogP contribution is 2.21. The van der Waals surface area contributed by atoms with Crippen molar-refractivity contribution in [2.45, 2.75) is 4.90 Å². The molecular formula is C14H11ClO2S2. The lowest BCUT2D eigenvalue weighted by Crippen LogP contribution is -2.00. The van der Waals surface area contributed by atoms with Crippen LogP contribution < -0.4 is 0 Å². The lowest BCUT2D eigenvalue weighted by Gasteiger charge is -2.02. The summed E-state index contributed by atoms with van der Waals surface area (Å²) in [5, 5.41) is 1.89. The molecule has 0 aliphatic carbocycles. The van der Waals surface area contributed by atoms with Crippen LogP contribution in [0.3, 0.4) is 0 Å². The van der Waals surface area contributed by atoms with E-state index in [1.54, 1.807) is 12.1 Å². The van der Waals surface area contributed by atoms with Gasteiger partial charge in [0.15, 0.2) is 11.6 Å². The maximum absolute atomic E-state index is 11.8. The number of thioether (sulfide) groups is 1. The van der Waals surface area contributed by atoms with Crippen LogP contribution in [0.25, 0.3) is 0 Å². The number of benzene rings is 1. The number of hydrogen-bond acceptors (Lipinski definition) is 4. The molecule has 0 aliphatic rings. The van der Waals surface area contributed by atoms with E-state index in [1.165, 1.54) is 23.1 Å². The quantitative estimate of drug-likeness (QED) is 0.457. The van der Waals surface area contributed by atoms with Crippen LogP contribution in [0.15, 0.2) is 46.7 Å². The van der Waals surface area contributed by atoms with Crippen molar-refractivity contribution in [2.24, 2.45) is 0 Å². The summed E-state index contributed by atoms with van der Waals surface area (Å²) >= 11 is 8.41. The Labute approximate surface area is 124 Å². The second-order valence-electron chi connectivity index (χ2n) is 3.77. The predicted octanol–water partition coefficient (Wildman–Crippen LogP) is 4.14. The third-order valence-electron chi connectivity index (χ3n) is 2.46. The molecule has 2 nitrogen and oxygen atoms in total. The van der Waals surface area contributed by atoms with Gasteiger partial charge < -0.3 is 0 Å². The fraction of sp³-hybridized carbons (Fsp3) is 0.143. The molecule has 0 fully saturated rings. The lowest BCUT2D eigenvalue weighted by molar-refractivity contribution is 0.101. The van der Waals surface area contributed by atoms with Crippen molar-refractivity contribution in [3.05, 3.63) is 52.2 Å². The summed E-state index contributed by atoms with van der Waals surface area (Å²) in [6.45, 7) is 0. The number of ketones is 2. The van der Waals surface area contributed by atoms with E-state index in [9.17, 15) is 9.59 Å². The maximum atomic E-state index is 11.8. The van der Waals surface area contributed by atoms with Crippen LogP contribution in [0, 0.1) is 0 Å². The van der Waals surface area contributed by atoms with Gasteiger partial charge in [-0.3, -0.25) is 9.59 Å². The van der Waals surface area contributed by atoms with Crippen LogP contribution >= 0.6 is 34.7 Å². The zero-order valence-electron chi connectivity index (χ0n) is 9.97. The summed E-state index contributed by atoms with van der Waals surface area (Å²) < 4.78 is 0. The first-order valence-electron chi connectivity index (χ1n) is 5.59. The average molecular weight is 311 g/mol. The summed E-state index contributed by atoms with van der Waals surface area (Å²) in [7, 11) is 0. The first kappa shape index (κ1) is 14.3. The molecule has 0 spiro atoms. The van der Waals surface area contributed by atoms with Crippen molar-refractivity contribution in [3.63, 3.8) is 0 Å². The van der Waals surface area contributed by atoms with Gasteiger partial charge in [-0.1, -0.05) is 18.2 Å². The lowest BCUT2D eigenvalue weighted by atomic mass is 10.1. The Balaban J connectivity index is 1.93. The van der Waals surface area contributed by atoms with E-state index >= 15 is 0 Å². The Morgan fingerprint density at radius 2 is 1.84 bits per heavy atom. The predicted molar refractivity (Wildman–Crippen MR) is 80.9 cm³/mol. The number of carbonyl (C=O) groups excluding carboxylic acids is 2. The van der Waals surface area contributed by atoms with Crippen molar-refractivity contribution in [1.29, 1.82) is 0 Å². The highest BCUT2D eigenvalue weighted by Gasteiger charge is 2.08. The molecule has 98 valence electrons. The van der Waals surface area contributed by atoms with Gasteiger partial charge in [0.1, 0.15) is 0 Å². The molecule has 0 amide bonds. The summed E-state index contributed by atoms with van der Waals surface area (Å²) in [6, 6.07) is 10.9. The van der Waals surface area contributed by atoms with E-state index in [-0.39, 0.29) is 17.4 Å². The number of Topliss-reactive ketones (excluding diaryl/α,β-unsaturated/α-hetero) is 2. The number of hydrogen-bond donors (Lipinski definition) is 0. The Morgan fingerprint density at radius 3 is 2.42 bits per heavy atom. The van der Waals surface area contributed by atoms with Gasteiger partial charge in [-0.2, -0.15) is 0 Å². The Kier molecular flexibility index (Phi) is 5.19. The third-order valence-corrected chi connectivity index (χ3v) is 4.63. The van der Waals surface area contributed by atoms with Gasteiger partial charge in [-0.25, -0.2) is 0 Å². The van der Waals surface area contributed by atoms with Crippen LogP contribution in [-0.4, -0.2) is 23.2 Å². The molecule has 5 heteroatoms. The van der Waals surface area contributed by atoms with Gasteiger partial charge in [0, 0.05) is 10.5 Å². The minimum absolute atomic E-state index is 0.0106. The van der Waals surface area contributed by atoms with E-state index in [2.05, 4.69) is 0 Å². The molecule has 19 heavy (non-hydrogen) atoms. The van der Waals surface area contributed by atoms with Crippen molar-refractivity contribution < 1.29 is 9.59 Å². The average Bonchev–Trinajstić information content (AvgIpc) is 2.98. The fourth-order valence-electron chi connectivity index (χ4n) is 1.47. The Hall–Kier alpha value is -1.10. The molecule has 1 heterocycles. The fourth-order valence-corrected chi connectivity index (χ4v) is 3.16. The number of thiophene rings is 1. The Morgan fingerprint density at radius 1 is 1.11 bits per heavy atom. The van der Waals surface area contributed by atoms with Crippen molar-refractivity contribution >= 4 is 46.3 Å². The second-order valence-corrected chi connectivity index (χ2v) is 6.03. The van der Waals surface area contributed by atoms with Gasteiger partial charge >= 0.3 is 0 Å². The van der Waals surface area contributed by atoms with Gasteiger partial charge in [-0.15, -0.1) is 34.7 Å². The van der Waals surface area contributed by atoms with Crippen molar-refractivity contribution in [3.8, 4) is 0 Å². The monoisotopic (exact) mass is 310 g/mol. The van der Waals surface area contributed by atoms with Crippen molar-refractivity contribution in [1.82, 2.24) is 0 Å². The molecule has 0 bridgehead atoms. The minimum Gasteiger partial charge on any atom is -0.293 e. The number of alkyl halides is 1. The standard InChI is InChI=1S/C14H11ClO2S2/c15-8-12(16)10-3-5-11(6-4-10)19-9-13(17)14-2-1-7-18-14/h1-7H,8-9H2. The molecule has 1 aromatic carbocycles. The molecule has 0 saturated heterocycles. The van der Waals surface area contributed by atoms with Gasteiger partial charge in [0.05, 0.1) is 16.5 Å². The summed E-state index contributed by atoms with van der Waals surface area (Å²) in [5.74, 6) is 0.431. The molecular weight excluding hydrogens is 300 g/mol. The van der Waals surface area contributed by atoms with Gasteiger partial charge in [0.2, 0.25) is 0 Å². The van der Waals surface area contributed by atoms with Crippen LogP contribution in [0.2, 0.25) is 0 Å². The molecule has 0 saturated carbocycles. The van der Waals surface area contributed by atoms with Crippen LogP contribution in [0.1, 0.15) is 20.0 Å². The summed E-state index contributed by atoms with van der Waals surface area (Å²) in [6.07, 6.45) is 0. The molecule has 1 aromatic heterocycles. The van der Waals surface area contributed by atoms with E-state index in [0.717, 1.165) is 9.77 Å². The minimum atomic E-state index is -0.0899. The summed E-state index contributed by atoms with van der Waals surface area (Å²) in [4.78, 5) is 24.9. The summed E-state index contributed by atoms with van der Waals surface area (Å²) in [5.41, 5.74) is 0.601. The van der Waals surface area contributed by atoms with Crippen molar-refractivity contribution in [2.75, 3.05) is 11.6 Å². The van der Waals surface area contributed by atoms with Crippen LogP contribution in [-0.2, 0) is 0 Å². The van der Waals surface area contributed by atoms with Gasteiger partial charge in [0.25, 0.3) is 0 Å². The number of rotatable bonds is 6. The molecule has 2 rings (SSSR count). The van der Waals surface area contributed by atoms with E-state index in [0.29, 0.717) is 11.3 Å². The first-order valence-corrected chi connectivity index (χ1v) is 7.99. The largest absolute Gasteiger partial charge is 0.293 e. The third kappa shape index (κ3) is 3.93. The molecule has 0 radical (unpaired) electrons. The van der Waals surface area contributed by atoms with Crippen LogP contribution in [0.5, 0.6) is 0 Å². The molecule has 0 aliphatic heterocycles. The molecule has 0 atom stereocenters. The van der Waals surface area contributed by atoms with E-state index in [4.69, 9.17) is 11.6 Å². The highest BCUT2D eigenvalue weighted by atomic mass is 35.5. The second kappa shape index (κ2) is 6.89. The molecule has 0 unspecified atom stereocenters. The number of carbonyl (C=O) groups is 2. The van der Waals surface area contributed by atoms with E-state index in [1.807, 2.05) is 29.6 Å². The zero-order chi connectivity index (χ0) is 13.7. The Bertz CT molecular complexity index is 562. The van der Waals surface area contributed by atoms with Crippen LogP contribution in [0.4, 0.5) is 0 Å².